The number of hydrogen-bond donors (Lipinski definition) is 1. The first-order chi connectivity index (χ1) is 9.06. The van der Waals surface area contributed by atoms with E-state index < -0.39 is 4.92 Å². The van der Waals surface area contributed by atoms with E-state index in [4.69, 9.17) is 0 Å². The lowest BCUT2D eigenvalue weighted by Crippen LogP contribution is -2.28. The van der Waals surface area contributed by atoms with Crippen molar-refractivity contribution >= 4 is 34.4 Å². The molecule has 7 heteroatoms. The van der Waals surface area contributed by atoms with Gasteiger partial charge in [0.15, 0.2) is 0 Å². The summed E-state index contributed by atoms with van der Waals surface area (Å²) in [6.45, 7) is 0.711. The summed E-state index contributed by atoms with van der Waals surface area (Å²) < 4.78 is 2.14. The molecule has 2 rings (SSSR count). The van der Waals surface area contributed by atoms with Crippen LogP contribution in [0.1, 0.15) is 38.5 Å². The Morgan fingerprint density at radius 1 is 1.42 bits per heavy atom. The molecule has 1 aromatic heterocycles. The molecule has 1 aromatic rings. The van der Waals surface area contributed by atoms with E-state index in [9.17, 15) is 10.1 Å². The van der Waals surface area contributed by atoms with E-state index in [1.54, 1.807) is 10.9 Å². The molecule has 5 nitrogen and oxygen atoms in total. The van der Waals surface area contributed by atoms with Crippen molar-refractivity contribution in [1.29, 1.82) is 0 Å². The molecule has 0 atom stereocenters. The van der Waals surface area contributed by atoms with Gasteiger partial charge in [-0.2, -0.15) is 17.3 Å². The van der Waals surface area contributed by atoms with Crippen LogP contribution in [0.3, 0.4) is 0 Å². The van der Waals surface area contributed by atoms with E-state index in [1.165, 1.54) is 25.7 Å². The third kappa shape index (κ3) is 3.51. The minimum Gasteiger partial charge on any atom is -0.358 e. The third-order valence-corrected chi connectivity index (χ3v) is 5.10. The van der Waals surface area contributed by atoms with Crippen molar-refractivity contribution in [3.05, 3.63) is 20.8 Å². The van der Waals surface area contributed by atoms with Gasteiger partial charge in [0.2, 0.25) is 0 Å². The molecule has 0 spiro atoms. The first-order valence-electron chi connectivity index (χ1n) is 6.54. The summed E-state index contributed by atoms with van der Waals surface area (Å²) in [5, 5.41) is 14.9. The molecule has 19 heavy (non-hydrogen) atoms. The van der Waals surface area contributed by atoms with Crippen molar-refractivity contribution in [3.8, 4) is 0 Å². The fourth-order valence-electron chi connectivity index (χ4n) is 2.78. The largest absolute Gasteiger partial charge is 0.404 e. The fraction of sp³-hybridized carbons (Fsp3) is 0.750. The molecule has 1 fully saturated rings. The van der Waals surface area contributed by atoms with Gasteiger partial charge in [-0.25, -0.2) is 0 Å². The average Bonchev–Trinajstić information content (AvgIpc) is 2.60. The molecule has 0 amide bonds. The van der Waals surface area contributed by atoms with Gasteiger partial charge in [-0.05, 0) is 39.4 Å². The van der Waals surface area contributed by atoms with Crippen LogP contribution in [-0.2, 0) is 6.54 Å². The van der Waals surface area contributed by atoms with Crippen LogP contribution >= 0.6 is 28.6 Å². The standard InChI is InChI=1S/C12H18BrN3O2S/c13-10-7-15(14-11(10)16(17)18)8-12(9-19)5-3-1-2-4-6-12/h7,19H,1-6,8-9H2. The third-order valence-electron chi connectivity index (χ3n) is 3.87. The predicted molar refractivity (Wildman–Crippen MR) is 80.6 cm³/mol. The summed E-state index contributed by atoms with van der Waals surface area (Å²) in [5.74, 6) is 0.695. The second-order valence-electron chi connectivity index (χ2n) is 5.33. The van der Waals surface area contributed by atoms with Gasteiger partial charge in [-0.1, -0.05) is 25.7 Å². The van der Waals surface area contributed by atoms with E-state index in [-0.39, 0.29) is 11.2 Å². The smallest absolute Gasteiger partial charge is 0.358 e. The second kappa shape index (κ2) is 6.26. The number of nitro groups is 1. The molecule has 1 heterocycles. The number of rotatable bonds is 4. The maximum Gasteiger partial charge on any atom is 0.404 e. The molecule has 0 saturated heterocycles. The van der Waals surface area contributed by atoms with Crippen molar-refractivity contribution in [2.75, 3.05) is 5.75 Å². The average molecular weight is 348 g/mol. The first-order valence-corrected chi connectivity index (χ1v) is 7.97. The lowest BCUT2D eigenvalue weighted by atomic mass is 9.82. The molecule has 0 aromatic carbocycles. The van der Waals surface area contributed by atoms with Gasteiger partial charge in [-0.15, -0.1) is 0 Å². The van der Waals surface area contributed by atoms with E-state index in [1.807, 2.05) is 0 Å². The Morgan fingerprint density at radius 2 is 2.05 bits per heavy atom. The zero-order valence-corrected chi connectivity index (χ0v) is 13.2. The first kappa shape index (κ1) is 14.8. The van der Waals surface area contributed by atoms with E-state index in [2.05, 4.69) is 33.7 Å². The van der Waals surface area contributed by atoms with Gasteiger partial charge in [0.1, 0.15) is 4.47 Å². The minimum atomic E-state index is -0.457. The van der Waals surface area contributed by atoms with Crippen LogP contribution in [0.2, 0.25) is 0 Å². The van der Waals surface area contributed by atoms with Crippen molar-refractivity contribution in [1.82, 2.24) is 9.78 Å². The SMILES string of the molecule is O=[N+]([O-])c1nn(CC2(CS)CCCCCC2)cc1Br. The Balaban J connectivity index is 2.17. The minimum absolute atomic E-state index is 0.108. The number of hydrogen-bond acceptors (Lipinski definition) is 4. The zero-order valence-electron chi connectivity index (χ0n) is 10.7. The van der Waals surface area contributed by atoms with Crippen LogP contribution < -0.4 is 0 Å². The van der Waals surface area contributed by atoms with Crippen LogP contribution in [0.15, 0.2) is 10.7 Å². The Kier molecular flexibility index (Phi) is 4.89. The van der Waals surface area contributed by atoms with Crippen LogP contribution in [0.4, 0.5) is 5.82 Å². The highest BCUT2D eigenvalue weighted by Crippen LogP contribution is 2.38. The molecular formula is C12H18BrN3O2S. The molecule has 1 aliphatic carbocycles. The Labute approximate surface area is 126 Å². The van der Waals surface area contributed by atoms with Gasteiger partial charge in [-0.3, -0.25) is 0 Å². The number of aromatic nitrogens is 2. The highest BCUT2D eigenvalue weighted by molar-refractivity contribution is 9.10. The summed E-state index contributed by atoms with van der Waals surface area (Å²) in [7, 11) is 0. The van der Waals surface area contributed by atoms with E-state index in [0.29, 0.717) is 11.0 Å². The number of halogens is 1. The van der Waals surface area contributed by atoms with Gasteiger partial charge in [0.05, 0.1) is 17.8 Å². The van der Waals surface area contributed by atoms with Crippen LogP contribution in [-0.4, -0.2) is 20.5 Å². The van der Waals surface area contributed by atoms with E-state index in [0.717, 1.165) is 18.6 Å². The lowest BCUT2D eigenvalue weighted by molar-refractivity contribution is -0.390. The Morgan fingerprint density at radius 3 is 2.53 bits per heavy atom. The summed E-state index contributed by atoms with van der Waals surface area (Å²) in [6.07, 6.45) is 8.94. The van der Waals surface area contributed by atoms with Gasteiger partial charge >= 0.3 is 5.82 Å². The number of thiol groups is 1. The molecule has 0 radical (unpaired) electrons. The van der Waals surface area contributed by atoms with Gasteiger partial charge in [0.25, 0.3) is 0 Å². The van der Waals surface area contributed by atoms with Crippen molar-refractivity contribution in [2.24, 2.45) is 5.41 Å². The van der Waals surface area contributed by atoms with Crippen molar-refractivity contribution < 1.29 is 4.92 Å². The van der Waals surface area contributed by atoms with Gasteiger partial charge in [0, 0.05) is 5.41 Å². The monoisotopic (exact) mass is 347 g/mol. The molecule has 0 N–H and O–H groups in total. The van der Waals surface area contributed by atoms with Crippen LogP contribution in [0.25, 0.3) is 0 Å². The molecule has 106 valence electrons. The molecule has 1 aliphatic rings. The summed E-state index contributed by atoms with van der Waals surface area (Å²) >= 11 is 7.71. The summed E-state index contributed by atoms with van der Waals surface area (Å²) in [4.78, 5) is 10.4. The van der Waals surface area contributed by atoms with E-state index >= 15 is 0 Å². The zero-order chi connectivity index (χ0) is 13.9. The Hall–Kier alpha value is -0.560. The molecule has 0 aliphatic heterocycles. The van der Waals surface area contributed by atoms with Crippen molar-refractivity contribution in [2.45, 2.75) is 45.1 Å². The maximum atomic E-state index is 10.8. The topological polar surface area (TPSA) is 61.0 Å². The van der Waals surface area contributed by atoms with Crippen molar-refractivity contribution in [3.63, 3.8) is 0 Å². The highest BCUT2D eigenvalue weighted by atomic mass is 79.9. The maximum absolute atomic E-state index is 10.8. The second-order valence-corrected chi connectivity index (χ2v) is 6.50. The molecular weight excluding hydrogens is 330 g/mol. The van der Waals surface area contributed by atoms with Gasteiger partial charge < -0.3 is 10.1 Å². The molecule has 0 bridgehead atoms. The molecule has 1 saturated carbocycles. The predicted octanol–water partition coefficient (Wildman–Crippen LogP) is 3.82. The number of nitrogens with zero attached hydrogens (tertiary/aromatic N) is 3. The van der Waals surface area contributed by atoms with Crippen LogP contribution in [0, 0.1) is 15.5 Å². The normalized spacial score (nSPS) is 19.1. The lowest BCUT2D eigenvalue weighted by Gasteiger charge is -2.29. The summed E-state index contributed by atoms with van der Waals surface area (Å²) in [6, 6.07) is 0. The fourth-order valence-corrected chi connectivity index (χ4v) is 3.66. The molecule has 0 unspecified atom stereocenters. The van der Waals surface area contributed by atoms with Crippen LogP contribution in [0.5, 0.6) is 0 Å². The quantitative estimate of drug-likeness (QED) is 0.389. The summed E-state index contributed by atoms with van der Waals surface area (Å²) in [5.41, 5.74) is 0.124. The highest BCUT2D eigenvalue weighted by Gasteiger charge is 2.32. The Bertz CT molecular complexity index is 456.